The number of nitrogens with one attached hydrogen (secondary N) is 2. The Morgan fingerprint density at radius 3 is 2.28 bits per heavy atom. The first-order valence-electron chi connectivity index (χ1n) is 18.5. The highest BCUT2D eigenvalue weighted by Gasteiger charge is 2.45. The van der Waals surface area contributed by atoms with Gasteiger partial charge in [0.05, 0.1) is 43.1 Å². The molecule has 1 aromatic heterocycles. The van der Waals surface area contributed by atoms with Crippen LogP contribution >= 0.6 is 0 Å². The third-order valence-electron chi connectivity index (χ3n) is 9.98. The van der Waals surface area contributed by atoms with E-state index in [9.17, 15) is 28.8 Å². The van der Waals surface area contributed by atoms with Crippen molar-refractivity contribution in [3.8, 4) is 22.8 Å². The van der Waals surface area contributed by atoms with Crippen molar-refractivity contribution in [2.75, 3.05) is 34.4 Å². The number of imide groups is 2. The first-order chi connectivity index (χ1) is 25.9. The minimum atomic E-state index is -0.967. The van der Waals surface area contributed by atoms with E-state index < -0.39 is 29.7 Å². The number of methoxy groups -OCH3 is 2. The molecule has 0 aliphatic carbocycles. The van der Waals surface area contributed by atoms with Gasteiger partial charge in [-0.3, -0.25) is 43.9 Å². The molecule has 1 saturated heterocycles. The lowest BCUT2D eigenvalue weighted by molar-refractivity contribution is -0.136. The molecule has 0 radical (unpaired) electrons. The van der Waals surface area contributed by atoms with E-state index >= 15 is 0 Å². The molecule has 0 saturated carbocycles. The number of rotatable bonds is 18. The molecular formula is C40H50N6O8. The van der Waals surface area contributed by atoms with E-state index in [0.29, 0.717) is 53.5 Å². The van der Waals surface area contributed by atoms with Crippen LogP contribution in [0.3, 0.4) is 0 Å². The second-order valence-electron chi connectivity index (χ2n) is 14.0. The first-order valence-corrected chi connectivity index (χ1v) is 18.5. The Balaban J connectivity index is 0.988. The summed E-state index contributed by atoms with van der Waals surface area (Å²) < 4.78 is 12.9. The summed E-state index contributed by atoms with van der Waals surface area (Å²) in [6.45, 7) is 2.90. The van der Waals surface area contributed by atoms with Gasteiger partial charge in [-0.05, 0) is 63.4 Å². The summed E-state index contributed by atoms with van der Waals surface area (Å²) in [7, 11) is 6.71. The third kappa shape index (κ3) is 9.22. The number of benzene rings is 2. The Labute approximate surface area is 315 Å². The molecule has 1 unspecified atom stereocenters. The van der Waals surface area contributed by atoms with Crippen molar-refractivity contribution < 1.29 is 33.4 Å². The average molecular weight is 743 g/mol. The number of aryl methyl sites for hydroxylation is 3. The quantitative estimate of drug-likeness (QED) is 0.145. The van der Waals surface area contributed by atoms with Gasteiger partial charge in [0.15, 0.2) is 0 Å². The Bertz CT molecular complexity index is 1920. The fraction of sp³-hybridized carbons (Fsp3) is 0.475. The van der Waals surface area contributed by atoms with Crippen LogP contribution in [-0.4, -0.2) is 89.3 Å². The summed E-state index contributed by atoms with van der Waals surface area (Å²) in [6.07, 6.45) is 9.44. The fourth-order valence-electron chi connectivity index (χ4n) is 7.15. The molecule has 288 valence electrons. The van der Waals surface area contributed by atoms with Gasteiger partial charge in [0.2, 0.25) is 17.7 Å². The second kappa shape index (κ2) is 18.1. The van der Waals surface area contributed by atoms with Gasteiger partial charge in [-0.1, -0.05) is 44.2 Å². The van der Waals surface area contributed by atoms with E-state index in [2.05, 4.69) is 15.6 Å². The SMILES string of the molecule is COc1cc(-c2cn(C)c(=O)c(C)n2)cc(OC)c1CN(C)CC(=O)NCCCCCCCCCc1cccc2c1C(=O)N(C1CCC(=O)NC1=O)C2=O. The minimum Gasteiger partial charge on any atom is -0.496 e. The number of amides is 5. The number of ether oxygens (including phenoxy) is 2. The molecule has 2 aliphatic rings. The van der Waals surface area contributed by atoms with E-state index in [1.165, 1.54) is 4.57 Å². The van der Waals surface area contributed by atoms with Crippen molar-refractivity contribution in [2.24, 2.45) is 7.05 Å². The zero-order valence-corrected chi connectivity index (χ0v) is 31.8. The number of unbranched alkanes of at least 4 members (excludes halogenated alkanes) is 6. The van der Waals surface area contributed by atoms with E-state index in [1.807, 2.05) is 30.1 Å². The Morgan fingerprint density at radius 2 is 1.63 bits per heavy atom. The summed E-state index contributed by atoms with van der Waals surface area (Å²) >= 11 is 0. The van der Waals surface area contributed by atoms with Gasteiger partial charge in [0.25, 0.3) is 17.4 Å². The third-order valence-corrected chi connectivity index (χ3v) is 9.98. The van der Waals surface area contributed by atoms with Crippen molar-refractivity contribution in [1.82, 2.24) is 30.0 Å². The van der Waals surface area contributed by atoms with Crippen LogP contribution in [0.5, 0.6) is 11.5 Å². The largest absolute Gasteiger partial charge is 0.496 e. The lowest BCUT2D eigenvalue weighted by atomic mass is 9.97. The Hall–Kier alpha value is -5.37. The van der Waals surface area contributed by atoms with E-state index in [0.717, 1.165) is 66.5 Å². The summed E-state index contributed by atoms with van der Waals surface area (Å²) in [6, 6.07) is 8.02. The first kappa shape index (κ1) is 39.8. The summed E-state index contributed by atoms with van der Waals surface area (Å²) in [5, 5.41) is 5.25. The van der Waals surface area contributed by atoms with Crippen molar-refractivity contribution in [3.05, 3.63) is 74.8 Å². The molecule has 1 atom stereocenters. The van der Waals surface area contributed by atoms with Crippen molar-refractivity contribution >= 4 is 29.5 Å². The number of aromatic nitrogens is 2. The number of piperidine rings is 1. The fourth-order valence-corrected chi connectivity index (χ4v) is 7.15. The molecule has 54 heavy (non-hydrogen) atoms. The summed E-state index contributed by atoms with van der Waals surface area (Å²) in [4.78, 5) is 82.5. The molecule has 14 heteroatoms. The lowest BCUT2D eigenvalue weighted by Crippen LogP contribution is -2.54. The van der Waals surface area contributed by atoms with Crippen LogP contribution in [0.2, 0.25) is 0 Å². The maximum absolute atomic E-state index is 13.3. The topological polar surface area (TPSA) is 169 Å². The number of hydrogen-bond acceptors (Lipinski definition) is 10. The number of carbonyl (C=O) groups excluding carboxylic acids is 5. The Morgan fingerprint density at radius 1 is 0.963 bits per heavy atom. The highest BCUT2D eigenvalue weighted by atomic mass is 16.5. The number of hydrogen-bond donors (Lipinski definition) is 2. The van der Waals surface area contributed by atoms with E-state index in [1.54, 1.807) is 46.5 Å². The zero-order chi connectivity index (χ0) is 38.9. The molecule has 2 N–H and O–H groups in total. The average Bonchev–Trinajstić information content (AvgIpc) is 3.40. The number of likely N-dealkylation sites (N-methyl/N-ethyl adjacent to an activating group) is 1. The standard InChI is InChI=1S/C40H50N6O8/c1-25-38(50)45(3)23-30(42-25)27-20-32(53-4)29(33(21-27)54-5)22-44(2)24-35(48)41-19-12-10-8-6-7-9-11-14-26-15-13-16-28-36(26)40(52)46(39(28)51)31-17-18-34(47)43-37(31)49/h13,15-16,20-21,23,31H,6-12,14,17-19,22,24H2,1-5H3,(H,41,48)(H,43,47,49). The van der Waals surface area contributed by atoms with Crippen LogP contribution in [0.4, 0.5) is 0 Å². The maximum Gasteiger partial charge on any atom is 0.271 e. The molecule has 14 nitrogen and oxygen atoms in total. The molecule has 2 aliphatic heterocycles. The van der Waals surface area contributed by atoms with Gasteiger partial charge >= 0.3 is 0 Å². The molecule has 5 rings (SSSR count). The Kier molecular flexibility index (Phi) is 13.4. The zero-order valence-electron chi connectivity index (χ0n) is 31.8. The number of fused-ring (bicyclic) bond motifs is 1. The van der Waals surface area contributed by atoms with Gasteiger partial charge < -0.3 is 19.4 Å². The van der Waals surface area contributed by atoms with Crippen molar-refractivity contribution in [1.29, 1.82) is 0 Å². The highest BCUT2D eigenvalue weighted by molar-refractivity contribution is 6.24. The molecule has 0 bridgehead atoms. The lowest BCUT2D eigenvalue weighted by Gasteiger charge is -2.27. The van der Waals surface area contributed by atoms with Crippen LogP contribution in [0.1, 0.15) is 95.3 Å². The predicted octanol–water partition coefficient (Wildman–Crippen LogP) is 3.70. The van der Waals surface area contributed by atoms with Gasteiger partial charge in [-0.25, -0.2) is 4.98 Å². The van der Waals surface area contributed by atoms with Crippen LogP contribution < -0.4 is 25.7 Å². The molecule has 2 aromatic carbocycles. The smallest absolute Gasteiger partial charge is 0.271 e. The molecular weight excluding hydrogens is 692 g/mol. The van der Waals surface area contributed by atoms with Crippen LogP contribution in [-0.2, 0) is 34.4 Å². The normalized spacial score (nSPS) is 15.4. The summed E-state index contributed by atoms with van der Waals surface area (Å²) in [5.74, 6) is -0.817. The van der Waals surface area contributed by atoms with Gasteiger partial charge in [-0.2, -0.15) is 0 Å². The maximum atomic E-state index is 13.3. The van der Waals surface area contributed by atoms with Crippen molar-refractivity contribution in [2.45, 2.75) is 83.7 Å². The molecule has 5 amide bonds. The molecule has 1 fully saturated rings. The monoisotopic (exact) mass is 742 g/mol. The van der Waals surface area contributed by atoms with Crippen LogP contribution in [0.25, 0.3) is 11.3 Å². The van der Waals surface area contributed by atoms with Gasteiger partial charge in [0, 0.05) is 38.3 Å². The van der Waals surface area contributed by atoms with Crippen molar-refractivity contribution in [3.63, 3.8) is 0 Å². The number of nitrogens with zero attached hydrogens (tertiary/aromatic N) is 4. The number of carbonyl (C=O) groups is 5. The second-order valence-corrected chi connectivity index (χ2v) is 14.0. The molecule has 3 aromatic rings. The van der Waals surface area contributed by atoms with E-state index in [4.69, 9.17) is 9.47 Å². The van der Waals surface area contributed by atoms with Gasteiger partial charge in [0.1, 0.15) is 23.2 Å². The van der Waals surface area contributed by atoms with Gasteiger partial charge in [-0.15, -0.1) is 0 Å². The van der Waals surface area contributed by atoms with Crippen LogP contribution in [0.15, 0.2) is 41.3 Å². The minimum absolute atomic E-state index is 0.0651. The predicted molar refractivity (Wildman–Crippen MR) is 201 cm³/mol. The van der Waals surface area contributed by atoms with E-state index in [-0.39, 0.29) is 30.9 Å². The molecule has 0 spiro atoms. The molecule has 3 heterocycles. The summed E-state index contributed by atoms with van der Waals surface area (Å²) in [5.41, 5.74) is 3.91. The van der Waals surface area contributed by atoms with Crippen LogP contribution in [0, 0.1) is 6.92 Å². The highest BCUT2D eigenvalue weighted by Crippen LogP contribution is 2.35.